The third-order valence-corrected chi connectivity index (χ3v) is 28.8. The number of amides is 1. The highest BCUT2D eigenvalue weighted by molar-refractivity contribution is 6.99. The Morgan fingerprint density at radius 1 is 0.821 bits per heavy atom. The summed E-state index contributed by atoms with van der Waals surface area (Å²) >= 11 is 0. The molecular weight excluding hydrogens is 1010 g/mol. The van der Waals surface area contributed by atoms with E-state index in [0.717, 1.165) is 10.4 Å². The van der Waals surface area contributed by atoms with Crippen molar-refractivity contribution in [1.82, 2.24) is 24.3 Å². The first kappa shape index (κ1) is 56.8. The first-order valence-corrected chi connectivity index (χ1v) is 32.1. The summed E-state index contributed by atoms with van der Waals surface area (Å²) in [7, 11) is -1.61. The average Bonchev–Trinajstić information content (AvgIpc) is 3.83. The number of fused-ring (bicyclic) bond motifs is 6. The van der Waals surface area contributed by atoms with Crippen molar-refractivity contribution in [1.29, 1.82) is 0 Å². The number of aromatic nitrogens is 3. The van der Waals surface area contributed by atoms with Crippen LogP contribution in [0.2, 0.25) is 21.7 Å². The average molecular weight is 1100 g/mol. The zero-order valence-electron chi connectivity index (χ0n) is 48.7. The topological polar surface area (TPSA) is 102 Å². The molecule has 0 saturated carbocycles. The summed E-state index contributed by atoms with van der Waals surface area (Å²) < 4.78 is 58.0. The summed E-state index contributed by atoms with van der Waals surface area (Å²) in [6.07, 6.45) is 0.316. The molecule has 3 aliphatic heterocycles. The number of likely N-dealkylation sites (N-methyl/N-ethyl adjacent to an activating group) is 1. The first-order valence-electron chi connectivity index (χ1n) is 27.9. The van der Waals surface area contributed by atoms with Crippen LogP contribution in [0.4, 0.5) is 19.4 Å². The third kappa shape index (κ3) is 9.66. The molecule has 5 atom stereocenters. The van der Waals surface area contributed by atoms with Crippen LogP contribution in [-0.2, 0) is 15.7 Å². The van der Waals surface area contributed by atoms with E-state index >= 15 is 13.6 Å². The Hall–Kier alpha value is -5.93. The summed E-state index contributed by atoms with van der Waals surface area (Å²) in [6, 6.07) is 28.2. The van der Waals surface area contributed by atoms with Crippen LogP contribution >= 0.6 is 0 Å². The number of benzene rings is 4. The molecule has 0 spiro atoms. The first-order chi connectivity index (χ1) is 36.7. The lowest BCUT2D eigenvalue weighted by atomic mass is 9.96. The van der Waals surface area contributed by atoms with E-state index in [4.69, 9.17) is 23.9 Å². The van der Waals surface area contributed by atoms with Crippen LogP contribution in [0.25, 0.3) is 32.9 Å². The second-order valence-electron chi connectivity index (χ2n) is 25.6. The number of hydrogen-bond donors (Lipinski definition) is 0. The highest BCUT2D eigenvalue weighted by Crippen LogP contribution is 2.48. The molecule has 4 aromatic carbocycles. The number of halogens is 2. The van der Waals surface area contributed by atoms with E-state index in [1.165, 1.54) is 10.6 Å². The molecule has 2 saturated heterocycles. The molecule has 0 aliphatic carbocycles. The van der Waals surface area contributed by atoms with Crippen LogP contribution in [0.15, 0.2) is 95.8 Å². The number of carbonyl (C=O) groups excluding carboxylic acids is 1. The van der Waals surface area contributed by atoms with E-state index in [1.807, 2.05) is 112 Å². The molecule has 414 valence electrons. The van der Waals surface area contributed by atoms with Gasteiger partial charge in [0.25, 0.3) is 8.32 Å². The van der Waals surface area contributed by atoms with Gasteiger partial charge in [0, 0.05) is 24.0 Å². The van der Waals surface area contributed by atoms with Gasteiger partial charge in [0.15, 0.2) is 5.82 Å². The molecule has 0 N–H and O–H groups in total. The quantitative estimate of drug-likeness (QED) is 0.0876. The number of nitrogens with zero attached hydrogens (tertiary/aromatic N) is 6. The van der Waals surface area contributed by atoms with Crippen molar-refractivity contribution in [3.05, 3.63) is 119 Å². The van der Waals surface area contributed by atoms with Crippen molar-refractivity contribution < 1.29 is 27.5 Å². The number of pyridine rings is 1. The van der Waals surface area contributed by atoms with Gasteiger partial charge in [-0.2, -0.15) is 4.98 Å². The Morgan fingerprint density at radius 2 is 1.44 bits per heavy atom. The Morgan fingerprint density at radius 3 is 2.00 bits per heavy atom. The monoisotopic (exact) mass is 1090 g/mol. The molecule has 6 aromatic rings. The predicted octanol–water partition coefficient (Wildman–Crippen LogP) is 12.1. The molecule has 1 unspecified atom stereocenters. The van der Waals surface area contributed by atoms with Gasteiger partial charge in [-0.1, -0.05) is 153 Å². The Balaban J connectivity index is 1.29. The van der Waals surface area contributed by atoms with Gasteiger partial charge >= 0.3 is 11.8 Å². The lowest BCUT2D eigenvalue weighted by Crippen LogP contribution is -2.68. The standard InChI is InChI=1S/C63H80F2N6O5Si2/c1-39(2)77(40(3)4,41(5)6)35-34-47-49(64)32-30-43-24-23-29-48(51(43)47)54-53(65)56-52-57(69-36-44-31-33-50(55(69)42(7)75-58(52)66-54)71(44)60(73)76-61(8,9)10)67-59(72)70(56)37-63(14,68(15)16)38-74-78(62(11,12)13,45-25-19-17-20-26-45)46-27-21-18-22-28-46/h17-30,32,39-42,44,50,55H,31,33,36-38H2,1-16H3/t42-,44+,50-,55+,63?/m0/s1. The number of carbonyl (C=O) groups is 1. The Bertz CT molecular complexity index is 3300. The summed E-state index contributed by atoms with van der Waals surface area (Å²) in [5.41, 5.74) is 2.57. The number of ether oxygens (including phenoxy) is 2. The van der Waals surface area contributed by atoms with Gasteiger partial charge in [0.1, 0.15) is 48.0 Å². The zero-order valence-corrected chi connectivity index (χ0v) is 50.7. The van der Waals surface area contributed by atoms with E-state index in [9.17, 15) is 4.79 Å². The smallest absolute Gasteiger partial charge is 0.410 e. The third-order valence-electron chi connectivity index (χ3n) is 17.5. The number of anilines is 1. The van der Waals surface area contributed by atoms with Crippen molar-refractivity contribution >= 4 is 60.4 Å². The summed E-state index contributed by atoms with van der Waals surface area (Å²) in [5.74, 6) is 2.44. The van der Waals surface area contributed by atoms with Gasteiger partial charge in [-0.25, -0.2) is 23.4 Å². The van der Waals surface area contributed by atoms with E-state index in [1.54, 1.807) is 12.1 Å². The summed E-state index contributed by atoms with van der Waals surface area (Å²) in [5, 5.41) is 3.18. The molecular formula is C63H80F2N6O5Si2. The van der Waals surface area contributed by atoms with Crippen molar-refractivity contribution in [2.75, 3.05) is 32.1 Å². The van der Waals surface area contributed by atoms with Crippen LogP contribution in [-0.4, -0.2) is 109 Å². The lowest BCUT2D eigenvalue weighted by Gasteiger charge is -2.48. The van der Waals surface area contributed by atoms with Gasteiger partial charge in [-0.05, 0) is 105 Å². The molecule has 2 aromatic heterocycles. The second kappa shape index (κ2) is 20.9. The molecule has 9 rings (SSSR count). The predicted molar refractivity (Wildman–Crippen MR) is 316 cm³/mol. The van der Waals surface area contributed by atoms with E-state index in [2.05, 4.69) is 98.0 Å². The van der Waals surface area contributed by atoms with Gasteiger partial charge in [0.05, 0.1) is 35.8 Å². The maximum atomic E-state index is 19.1. The zero-order chi connectivity index (χ0) is 56.6. The van der Waals surface area contributed by atoms with Crippen molar-refractivity contribution in [2.24, 2.45) is 0 Å². The maximum Gasteiger partial charge on any atom is 0.410 e. The minimum atomic E-state index is -3.13. The van der Waals surface area contributed by atoms with Crippen LogP contribution in [0.1, 0.15) is 115 Å². The van der Waals surface area contributed by atoms with Crippen LogP contribution in [0.3, 0.4) is 0 Å². The Labute approximate surface area is 462 Å². The van der Waals surface area contributed by atoms with Gasteiger partial charge in [-0.3, -0.25) is 9.47 Å². The van der Waals surface area contributed by atoms with Crippen molar-refractivity contribution in [3.8, 4) is 28.6 Å². The number of hydrogen-bond acceptors (Lipinski definition) is 9. The van der Waals surface area contributed by atoms with E-state index in [-0.39, 0.29) is 80.8 Å². The summed E-state index contributed by atoms with van der Waals surface area (Å²) in [4.78, 5) is 45.5. The molecule has 5 heterocycles. The molecule has 15 heteroatoms. The maximum absolute atomic E-state index is 19.1. The minimum absolute atomic E-state index is 0.0369. The second-order valence-corrected chi connectivity index (χ2v) is 35.5. The fourth-order valence-corrected chi connectivity index (χ4v) is 23.4. The molecule has 11 nitrogen and oxygen atoms in total. The number of rotatable bonds is 12. The van der Waals surface area contributed by atoms with Crippen LogP contribution in [0.5, 0.6) is 5.88 Å². The molecule has 2 fully saturated rings. The lowest BCUT2D eigenvalue weighted by molar-refractivity contribution is 0.000946. The molecule has 3 aliphatic rings. The van der Waals surface area contributed by atoms with Gasteiger partial charge in [0.2, 0.25) is 5.88 Å². The van der Waals surface area contributed by atoms with Gasteiger partial charge < -0.3 is 23.7 Å². The molecule has 2 bridgehead atoms. The largest absolute Gasteiger partial charge is 0.472 e. The highest BCUT2D eigenvalue weighted by atomic mass is 28.4. The SMILES string of the molecule is CC(C)[Si](C#Cc1c(F)ccc2cccc(-c3nc4c5c(nc(=O)n(CC(C)(CO[Si](c6ccccc6)(c6ccccc6)C(C)(C)C)N(C)C)c5c3F)N3C[C@H]5CC[C@@H]([C@H]3[C@H](C)O4)N5C(=O)OC(C)(C)C)c12)(C(C)C)C(C)C. The van der Waals surface area contributed by atoms with Crippen molar-refractivity contribution in [2.45, 2.75) is 173 Å². The fraction of sp³-hybridized carbons (Fsp3) is 0.492. The van der Waals surface area contributed by atoms with Gasteiger partial charge in [-0.15, -0.1) is 5.54 Å². The van der Waals surface area contributed by atoms with Crippen LogP contribution in [0, 0.1) is 23.1 Å². The number of piperazine rings is 1. The van der Waals surface area contributed by atoms with Crippen molar-refractivity contribution in [3.63, 3.8) is 0 Å². The highest BCUT2D eigenvalue weighted by Gasteiger charge is 2.55. The van der Waals surface area contributed by atoms with Crippen LogP contribution < -0.4 is 25.7 Å². The van der Waals surface area contributed by atoms with E-state index in [0.29, 0.717) is 35.7 Å². The Kier molecular flexibility index (Phi) is 15.2. The molecule has 78 heavy (non-hydrogen) atoms. The molecule has 1 amide bonds. The normalized spacial score (nSPS) is 19.5. The molecule has 0 radical (unpaired) electrons. The summed E-state index contributed by atoms with van der Waals surface area (Å²) in [6.45, 7) is 29.9. The van der Waals surface area contributed by atoms with E-state index < -0.39 is 63.1 Å². The fourth-order valence-electron chi connectivity index (χ4n) is 13.5. The minimum Gasteiger partial charge on any atom is -0.472 e.